The molecule has 1 fully saturated rings. The minimum Gasteiger partial charge on any atom is -0.378 e. The molecule has 0 saturated carbocycles. The maximum absolute atomic E-state index is 5.72. The molecule has 1 aromatic heterocycles. The van der Waals surface area contributed by atoms with E-state index in [-0.39, 0.29) is 0 Å². The number of nitrogens with zero attached hydrogens (tertiary/aromatic N) is 2. The molecule has 0 bridgehead atoms. The first kappa shape index (κ1) is 14.5. The van der Waals surface area contributed by atoms with E-state index >= 15 is 0 Å². The Balaban J connectivity index is 1.82. The van der Waals surface area contributed by atoms with Crippen molar-refractivity contribution < 1.29 is 4.74 Å². The Kier molecular flexibility index (Phi) is 5.86. The molecule has 1 N–H and O–H groups in total. The summed E-state index contributed by atoms with van der Waals surface area (Å²) >= 11 is 0. The number of rotatable bonds is 8. The van der Waals surface area contributed by atoms with Gasteiger partial charge in [0.15, 0.2) is 0 Å². The summed E-state index contributed by atoms with van der Waals surface area (Å²) in [6, 6.07) is 0.519. The van der Waals surface area contributed by atoms with E-state index in [0.29, 0.717) is 12.1 Å². The molecule has 4 nitrogen and oxygen atoms in total. The molecule has 1 aromatic rings. The van der Waals surface area contributed by atoms with Crippen LogP contribution >= 0.6 is 0 Å². The molecule has 0 radical (unpaired) electrons. The standard InChI is InChI=1S/C15H27N3O/c1-3-8-16-13(6-7-14-5-4-11-19-14)12-15-17-9-10-18(15)2/h9-10,13-14,16H,3-8,11-12H2,1-2H3. The molecule has 1 aliphatic rings. The van der Waals surface area contributed by atoms with Crippen LogP contribution in [0.2, 0.25) is 0 Å². The van der Waals surface area contributed by atoms with Crippen molar-refractivity contribution in [2.24, 2.45) is 7.05 Å². The van der Waals surface area contributed by atoms with Crippen LogP contribution in [0.5, 0.6) is 0 Å². The number of imidazole rings is 1. The maximum Gasteiger partial charge on any atom is 0.109 e. The van der Waals surface area contributed by atoms with E-state index < -0.39 is 0 Å². The van der Waals surface area contributed by atoms with Gasteiger partial charge in [0, 0.05) is 38.5 Å². The smallest absolute Gasteiger partial charge is 0.109 e. The molecule has 19 heavy (non-hydrogen) atoms. The van der Waals surface area contributed by atoms with E-state index in [1.807, 2.05) is 12.4 Å². The number of aromatic nitrogens is 2. The molecule has 0 amide bonds. The number of hydrogen-bond donors (Lipinski definition) is 1. The van der Waals surface area contributed by atoms with Crippen LogP contribution in [0.25, 0.3) is 0 Å². The third-order valence-corrected chi connectivity index (χ3v) is 3.89. The highest BCUT2D eigenvalue weighted by Gasteiger charge is 2.18. The van der Waals surface area contributed by atoms with Crippen molar-refractivity contribution >= 4 is 0 Å². The van der Waals surface area contributed by atoms with Crippen molar-refractivity contribution in [2.45, 2.75) is 57.6 Å². The van der Waals surface area contributed by atoms with Gasteiger partial charge in [0.25, 0.3) is 0 Å². The van der Waals surface area contributed by atoms with Crippen LogP contribution in [0.1, 0.15) is 44.9 Å². The van der Waals surface area contributed by atoms with Crippen LogP contribution in [-0.2, 0) is 18.2 Å². The zero-order valence-corrected chi connectivity index (χ0v) is 12.3. The van der Waals surface area contributed by atoms with E-state index in [9.17, 15) is 0 Å². The van der Waals surface area contributed by atoms with E-state index in [1.54, 1.807) is 0 Å². The summed E-state index contributed by atoms with van der Waals surface area (Å²) in [5, 5.41) is 3.65. The Bertz CT molecular complexity index is 358. The second-order valence-corrected chi connectivity index (χ2v) is 5.52. The normalized spacial score (nSPS) is 20.8. The minimum absolute atomic E-state index is 0.493. The molecule has 1 saturated heterocycles. The predicted octanol–water partition coefficient (Wildman–Crippen LogP) is 2.29. The Labute approximate surface area is 116 Å². The van der Waals surface area contributed by atoms with Crippen molar-refractivity contribution in [1.29, 1.82) is 0 Å². The highest BCUT2D eigenvalue weighted by atomic mass is 16.5. The lowest BCUT2D eigenvalue weighted by molar-refractivity contribution is 0.0995. The second kappa shape index (κ2) is 7.65. The number of aryl methyl sites for hydroxylation is 1. The summed E-state index contributed by atoms with van der Waals surface area (Å²) < 4.78 is 7.84. The van der Waals surface area contributed by atoms with Gasteiger partial charge >= 0.3 is 0 Å². The summed E-state index contributed by atoms with van der Waals surface area (Å²) in [4.78, 5) is 4.44. The van der Waals surface area contributed by atoms with E-state index in [0.717, 1.165) is 19.6 Å². The average Bonchev–Trinajstić information content (AvgIpc) is 3.05. The molecule has 1 aliphatic heterocycles. The third kappa shape index (κ3) is 4.62. The van der Waals surface area contributed by atoms with Gasteiger partial charge in [-0.25, -0.2) is 4.98 Å². The second-order valence-electron chi connectivity index (χ2n) is 5.52. The fourth-order valence-corrected chi connectivity index (χ4v) is 2.70. The van der Waals surface area contributed by atoms with Crippen molar-refractivity contribution in [3.63, 3.8) is 0 Å². The van der Waals surface area contributed by atoms with Crippen LogP contribution in [0.15, 0.2) is 12.4 Å². The summed E-state index contributed by atoms with van der Waals surface area (Å²) in [6.07, 6.45) is 11.4. The van der Waals surface area contributed by atoms with Gasteiger partial charge in [-0.15, -0.1) is 0 Å². The molecule has 0 aromatic carbocycles. The molecule has 2 unspecified atom stereocenters. The molecule has 2 heterocycles. The molecular weight excluding hydrogens is 238 g/mol. The van der Waals surface area contributed by atoms with Crippen molar-refractivity contribution in [3.05, 3.63) is 18.2 Å². The quantitative estimate of drug-likeness (QED) is 0.784. The monoisotopic (exact) mass is 265 g/mol. The number of ether oxygens (including phenoxy) is 1. The van der Waals surface area contributed by atoms with Gasteiger partial charge in [-0.1, -0.05) is 6.92 Å². The van der Waals surface area contributed by atoms with Gasteiger partial charge in [-0.05, 0) is 38.6 Å². The summed E-state index contributed by atoms with van der Waals surface area (Å²) in [5.74, 6) is 1.17. The Morgan fingerprint density at radius 3 is 3.11 bits per heavy atom. The van der Waals surface area contributed by atoms with Crippen LogP contribution in [-0.4, -0.2) is 34.8 Å². The lowest BCUT2D eigenvalue weighted by Crippen LogP contribution is -2.33. The zero-order valence-electron chi connectivity index (χ0n) is 12.3. The van der Waals surface area contributed by atoms with Gasteiger partial charge in [0.05, 0.1) is 6.10 Å². The lowest BCUT2D eigenvalue weighted by atomic mass is 10.0. The van der Waals surface area contributed by atoms with Crippen LogP contribution in [0.3, 0.4) is 0 Å². The maximum atomic E-state index is 5.72. The van der Waals surface area contributed by atoms with E-state index in [4.69, 9.17) is 4.74 Å². The number of nitrogens with one attached hydrogen (secondary N) is 1. The third-order valence-electron chi connectivity index (χ3n) is 3.89. The Morgan fingerprint density at radius 2 is 2.47 bits per heavy atom. The topological polar surface area (TPSA) is 39.1 Å². The van der Waals surface area contributed by atoms with E-state index in [1.165, 1.54) is 37.9 Å². The fourth-order valence-electron chi connectivity index (χ4n) is 2.70. The first-order chi connectivity index (χ1) is 9.29. The first-order valence-electron chi connectivity index (χ1n) is 7.60. The van der Waals surface area contributed by atoms with Gasteiger partial charge in [-0.2, -0.15) is 0 Å². The zero-order chi connectivity index (χ0) is 13.5. The highest BCUT2D eigenvalue weighted by molar-refractivity contribution is 4.94. The van der Waals surface area contributed by atoms with Crippen molar-refractivity contribution in [1.82, 2.24) is 14.9 Å². The van der Waals surface area contributed by atoms with Gasteiger partial charge in [0.1, 0.15) is 5.82 Å². The summed E-state index contributed by atoms with van der Waals surface area (Å²) in [5.41, 5.74) is 0. The van der Waals surface area contributed by atoms with Gasteiger partial charge in [0.2, 0.25) is 0 Å². The van der Waals surface area contributed by atoms with Crippen LogP contribution in [0, 0.1) is 0 Å². The summed E-state index contributed by atoms with van der Waals surface area (Å²) in [7, 11) is 2.07. The van der Waals surface area contributed by atoms with Crippen molar-refractivity contribution in [2.75, 3.05) is 13.2 Å². The van der Waals surface area contributed by atoms with Gasteiger partial charge < -0.3 is 14.6 Å². The largest absolute Gasteiger partial charge is 0.378 e. The molecular formula is C15H27N3O. The summed E-state index contributed by atoms with van der Waals surface area (Å²) in [6.45, 7) is 4.25. The Morgan fingerprint density at radius 1 is 1.58 bits per heavy atom. The lowest BCUT2D eigenvalue weighted by Gasteiger charge is -2.20. The van der Waals surface area contributed by atoms with Crippen LogP contribution in [0.4, 0.5) is 0 Å². The van der Waals surface area contributed by atoms with Gasteiger partial charge in [-0.3, -0.25) is 0 Å². The predicted molar refractivity (Wildman–Crippen MR) is 77.2 cm³/mol. The molecule has 2 atom stereocenters. The highest BCUT2D eigenvalue weighted by Crippen LogP contribution is 2.18. The SMILES string of the molecule is CCCNC(CCC1CCCO1)Cc1nccn1C. The minimum atomic E-state index is 0.493. The van der Waals surface area contributed by atoms with Crippen molar-refractivity contribution in [3.8, 4) is 0 Å². The first-order valence-corrected chi connectivity index (χ1v) is 7.60. The molecule has 4 heteroatoms. The fraction of sp³-hybridized carbons (Fsp3) is 0.800. The molecule has 108 valence electrons. The number of hydrogen-bond acceptors (Lipinski definition) is 3. The molecule has 0 spiro atoms. The average molecular weight is 265 g/mol. The van der Waals surface area contributed by atoms with E-state index in [2.05, 4.69) is 28.8 Å². The molecule has 2 rings (SSSR count). The van der Waals surface area contributed by atoms with Crippen LogP contribution < -0.4 is 5.32 Å². The Hall–Kier alpha value is -0.870. The molecule has 0 aliphatic carbocycles.